The molecule has 0 aromatic carbocycles. The third-order valence-corrected chi connectivity index (χ3v) is 3.80. The summed E-state index contributed by atoms with van der Waals surface area (Å²) in [6.07, 6.45) is 5.08. The summed E-state index contributed by atoms with van der Waals surface area (Å²) in [5.74, 6) is -0.954. The van der Waals surface area contributed by atoms with Crippen molar-refractivity contribution in [2.75, 3.05) is 6.54 Å². The predicted octanol–water partition coefficient (Wildman–Crippen LogP) is 2.36. The molecule has 1 aliphatic carbocycles. The Balaban J connectivity index is 2.60. The van der Waals surface area contributed by atoms with E-state index in [1.165, 1.54) is 25.7 Å². The first-order valence-electron chi connectivity index (χ1n) is 6.06. The van der Waals surface area contributed by atoms with Gasteiger partial charge in [-0.15, -0.1) is 0 Å². The Bertz CT molecular complexity index is 212. The number of carbonyl (C=O) groups is 1. The van der Waals surface area contributed by atoms with Gasteiger partial charge in [0.25, 0.3) is 0 Å². The van der Waals surface area contributed by atoms with Crippen molar-refractivity contribution in [2.24, 2.45) is 5.92 Å². The summed E-state index contributed by atoms with van der Waals surface area (Å²) in [5, 5.41) is 9.01. The van der Waals surface area contributed by atoms with Gasteiger partial charge in [-0.05, 0) is 26.3 Å². The van der Waals surface area contributed by atoms with Crippen LogP contribution in [0.3, 0.4) is 0 Å². The van der Waals surface area contributed by atoms with Crippen LogP contribution in [0.1, 0.15) is 46.5 Å². The number of hydrogen-bond acceptors (Lipinski definition) is 2. The van der Waals surface area contributed by atoms with Gasteiger partial charge in [-0.1, -0.05) is 26.7 Å². The zero-order valence-electron chi connectivity index (χ0n) is 10.1. The van der Waals surface area contributed by atoms with E-state index in [9.17, 15) is 4.79 Å². The third kappa shape index (κ3) is 2.94. The van der Waals surface area contributed by atoms with Crippen LogP contribution in [0, 0.1) is 5.92 Å². The summed E-state index contributed by atoms with van der Waals surface area (Å²) in [5.41, 5.74) is 0. The lowest BCUT2D eigenvalue weighted by molar-refractivity contribution is -0.143. The third-order valence-electron chi connectivity index (χ3n) is 3.80. The van der Waals surface area contributed by atoms with Crippen molar-refractivity contribution >= 4 is 5.97 Å². The largest absolute Gasteiger partial charge is 0.481 e. The van der Waals surface area contributed by atoms with Crippen LogP contribution in [-0.4, -0.2) is 34.6 Å². The number of rotatable bonds is 5. The molecule has 1 aliphatic rings. The molecule has 0 saturated heterocycles. The Labute approximate surface area is 92.5 Å². The van der Waals surface area contributed by atoms with Gasteiger partial charge in [0, 0.05) is 12.1 Å². The van der Waals surface area contributed by atoms with Crippen molar-refractivity contribution in [3.63, 3.8) is 0 Å². The van der Waals surface area contributed by atoms with Crippen LogP contribution in [0.5, 0.6) is 0 Å². The first-order chi connectivity index (χ1) is 7.07. The second-order valence-corrected chi connectivity index (χ2v) is 4.64. The van der Waals surface area contributed by atoms with E-state index in [1.807, 2.05) is 13.8 Å². The van der Waals surface area contributed by atoms with Gasteiger partial charge in [0.2, 0.25) is 0 Å². The molecular weight excluding hydrogens is 190 g/mol. The van der Waals surface area contributed by atoms with Crippen molar-refractivity contribution in [3.8, 4) is 0 Å². The summed E-state index contributed by atoms with van der Waals surface area (Å²) < 4.78 is 0. The van der Waals surface area contributed by atoms with E-state index < -0.39 is 5.97 Å². The predicted molar refractivity (Wildman–Crippen MR) is 60.9 cm³/mol. The van der Waals surface area contributed by atoms with Crippen LogP contribution < -0.4 is 0 Å². The second-order valence-electron chi connectivity index (χ2n) is 4.64. The Kier molecular flexibility index (Phi) is 4.58. The highest BCUT2D eigenvalue weighted by atomic mass is 16.4. The molecule has 0 radical (unpaired) electrons. The quantitative estimate of drug-likeness (QED) is 0.762. The fourth-order valence-corrected chi connectivity index (χ4v) is 2.61. The highest BCUT2D eigenvalue weighted by Crippen LogP contribution is 2.26. The molecule has 1 fully saturated rings. The standard InChI is InChI=1S/C12H23NO2/c1-4-13(11-7-5-6-8-11)10(3)9(2)12(14)15/h9-11H,4-8H2,1-3H3,(H,14,15). The second kappa shape index (κ2) is 5.50. The van der Waals surface area contributed by atoms with Crippen molar-refractivity contribution in [2.45, 2.75) is 58.5 Å². The minimum Gasteiger partial charge on any atom is -0.481 e. The minimum absolute atomic E-state index is 0.149. The van der Waals surface area contributed by atoms with E-state index in [2.05, 4.69) is 11.8 Å². The molecule has 0 aromatic rings. The van der Waals surface area contributed by atoms with Crippen molar-refractivity contribution in [1.82, 2.24) is 4.90 Å². The average molecular weight is 213 g/mol. The monoisotopic (exact) mass is 213 g/mol. The molecule has 1 N–H and O–H groups in total. The van der Waals surface area contributed by atoms with Crippen molar-refractivity contribution in [1.29, 1.82) is 0 Å². The lowest BCUT2D eigenvalue weighted by Gasteiger charge is -2.35. The van der Waals surface area contributed by atoms with Gasteiger partial charge in [-0.25, -0.2) is 0 Å². The fraction of sp³-hybridized carbons (Fsp3) is 0.917. The van der Waals surface area contributed by atoms with E-state index in [-0.39, 0.29) is 12.0 Å². The average Bonchev–Trinajstić information content (AvgIpc) is 2.70. The van der Waals surface area contributed by atoms with Crippen molar-refractivity contribution < 1.29 is 9.90 Å². The summed E-state index contributed by atoms with van der Waals surface area (Å²) in [6.45, 7) is 6.94. The molecule has 3 nitrogen and oxygen atoms in total. The van der Waals surface area contributed by atoms with Crippen LogP contribution in [0.25, 0.3) is 0 Å². The van der Waals surface area contributed by atoms with Crippen LogP contribution in [0.4, 0.5) is 0 Å². The SMILES string of the molecule is CCN(C1CCCC1)C(C)C(C)C(=O)O. The summed E-state index contributed by atoms with van der Waals surface area (Å²) >= 11 is 0. The molecule has 2 unspecified atom stereocenters. The lowest BCUT2D eigenvalue weighted by Crippen LogP contribution is -2.45. The zero-order chi connectivity index (χ0) is 11.4. The number of aliphatic carboxylic acids is 1. The molecule has 0 aromatic heterocycles. The molecule has 2 atom stereocenters. The molecule has 0 amide bonds. The number of carboxylic acids is 1. The number of carboxylic acid groups (broad SMARTS) is 1. The van der Waals surface area contributed by atoms with Gasteiger partial charge < -0.3 is 5.11 Å². The molecule has 1 saturated carbocycles. The molecule has 0 bridgehead atoms. The van der Waals surface area contributed by atoms with Gasteiger partial charge in [0.15, 0.2) is 0 Å². The van der Waals surface area contributed by atoms with Crippen LogP contribution in [-0.2, 0) is 4.79 Å². The van der Waals surface area contributed by atoms with Gasteiger partial charge in [0.1, 0.15) is 0 Å². The molecule has 0 aliphatic heterocycles. The Hall–Kier alpha value is -0.570. The van der Waals surface area contributed by atoms with E-state index in [0.717, 1.165) is 6.54 Å². The van der Waals surface area contributed by atoms with Gasteiger partial charge >= 0.3 is 5.97 Å². The Morgan fingerprint density at radius 1 is 1.40 bits per heavy atom. The highest BCUT2D eigenvalue weighted by molar-refractivity contribution is 5.70. The van der Waals surface area contributed by atoms with E-state index in [4.69, 9.17) is 5.11 Å². The maximum atomic E-state index is 10.9. The molecule has 0 heterocycles. The Morgan fingerprint density at radius 2 is 1.93 bits per heavy atom. The molecule has 1 rings (SSSR count). The van der Waals surface area contributed by atoms with Crippen molar-refractivity contribution in [3.05, 3.63) is 0 Å². The van der Waals surface area contributed by atoms with E-state index in [0.29, 0.717) is 6.04 Å². The Morgan fingerprint density at radius 3 is 2.33 bits per heavy atom. The fourth-order valence-electron chi connectivity index (χ4n) is 2.61. The zero-order valence-corrected chi connectivity index (χ0v) is 10.1. The normalized spacial score (nSPS) is 21.9. The lowest BCUT2D eigenvalue weighted by atomic mass is 10.00. The van der Waals surface area contributed by atoms with Gasteiger partial charge in [-0.3, -0.25) is 9.69 Å². The number of hydrogen-bond donors (Lipinski definition) is 1. The topological polar surface area (TPSA) is 40.5 Å². The number of nitrogens with zero attached hydrogens (tertiary/aromatic N) is 1. The smallest absolute Gasteiger partial charge is 0.307 e. The van der Waals surface area contributed by atoms with Crippen LogP contribution >= 0.6 is 0 Å². The van der Waals surface area contributed by atoms with E-state index in [1.54, 1.807) is 0 Å². The summed E-state index contributed by atoms with van der Waals surface area (Å²) in [6, 6.07) is 0.766. The van der Waals surface area contributed by atoms with Crippen LogP contribution in [0.2, 0.25) is 0 Å². The summed E-state index contributed by atoms with van der Waals surface area (Å²) in [7, 11) is 0. The molecular formula is C12H23NO2. The maximum absolute atomic E-state index is 10.9. The highest BCUT2D eigenvalue weighted by Gasteiger charge is 2.30. The first kappa shape index (κ1) is 12.5. The molecule has 15 heavy (non-hydrogen) atoms. The summed E-state index contributed by atoms with van der Waals surface area (Å²) in [4.78, 5) is 13.3. The first-order valence-corrected chi connectivity index (χ1v) is 6.06. The molecule has 88 valence electrons. The van der Waals surface area contributed by atoms with E-state index >= 15 is 0 Å². The van der Waals surface area contributed by atoms with Crippen LogP contribution in [0.15, 0.2) is 0 Å². The molecule has 0 spiro atoms. The van der Waals surface area contributed by atoms with Gasteiger partial charge in [-0.2, -0.15) is 0 Å². The maximum Gasteiger partial charge on any atom is 0.307 e. The molecule has 3 heteroatoms. The minimum atomic E-state index is -0.682. The van der Waals surface area contributed by atoms with Gasteiger partial charge in [0.05, 0.1) is 5.92 Å².